The van der Waals surface area contributed by atoms with E-state index in [0.29, 0.717) is 0 Å². The highest BCUT2D eigenvalue weighted by molar-refractivity contribution is 6.17. The second kappa shape index (κ2) is 3.31. The van der Waals surface area contributed by atoms with Crippen molar-refractivity contribution < 1.29 is 0 Å². The fraction of sp³-hybridized carbons (Fsp3) is 1.00. The molecule has 1 aliphatic rings. The third-order valence-corrected chi connectivity index (χ3v) is 1.59. The van der Waals surface area contributed by atoms with Gasteiger partial charge in [-0.1, -0.05) is 0 Å². The van der Waals surface area contributed by atoms with E-state index in [1.807, 2.05) is 0 Å². The van der Waals surface area contributed by atoms with Gasteiger partial charge in [-0.15, -0.1) is 11.6 Å². The minimum absolute atomic E-state index is 0.791. The molecule has 1 aliphatic carbocycles. The van der Waals surface area contributed by atoms with E-state index in [0.717, 1.165) is 24.9 Å². The van der Waals surface area contributed by atoms with Crippen LogP contribution in [0.25, 0.3) is 0 Å². The van der Waals surface area contributed by atoms with Gasteiger partial charge in [0.1, 0.15) is 0 Å². The van der Waals surface area contributed by atoms with E-state index in [1.54, 1.807) is 0 Å². The third-order valence-electron chi connectivity index (χ3n) is 1.32. The average molecular weight is 134 g/mol. The number of halogens is 1. The SMILES string of the molecule is ClCCCNC1CC1. The van der Waals surface area contributed by atoms with Gasteiger partial charge >= 0.3 is 0 Å². The fourth-order valence-corrected chi connectivity index (χ4v) is 0.794. The van der Waals surface area contributed by atoms with Crippen LogP contribution in [-0.2, 0) is 0 Å². The van der Waals surface area contributed by atoms with Crippen molar-refractivity contribution in [3.8, 4) is 0 Å². The second-order valence-electron chi connectivity index (χ2n) is 2.27. The summed E-state index contributed by atoms with van der Waals surface area (Å²) in [6, 6.07) is 0.846. The van der Waals surface area contributed by atoms with E-state index in [2.05, 4.69) is 5.32 Å². The molecule has 0 atom stereocenters. The summed E-state index contributed by atoms with van der Waals surface area (Å²) in [4.78, 5) is 0. The molecule has 0 bridgehead atoms. The van der Waals surface area contributed by atoms with Gasteiger partial charge in [0.05, 0.1) is 0 Å². The molecular formula is C6H12ClN. The van der Waals surface area contributed by atoms with E-state index in [9.17, 15) is 0 Å². The molecule has 0 aromatic heterocycles. The maximum atomic E-state index is 5.47. The van der Waals surface area contributed by atoms with Crippen LogP contribution in [0.4, 0.5) is 0 Å². The molecule has 0 saturated heterocycles. The quantitative estimate of drug-likeness (QED) is 0.451. The maximum Gasteiger partial charge on any atom is 0.0235 e. The van der Waals surface area contributed by atoms with Crippen LogP contribution < -0.4 is 5.32 Å². The van der Waals surface area contributed by atoms with Crippen molar-refractivity contribution in [2.24, 2.45) is 0 Å². The van der Waals surface area contributed by atoms with Gasteiger partial charge < -0.3 is 5.32 Å². The number of hydrogen-bond donors (Lipinski definition) is 1. The molecule has 48 valence electrons. The van der Waals surface area contributed by atoms with Crippen LogP contribution >= 0.6 is 11.6 Å². The van der Waals surface area contributed by atoms with E-state index in [-0.39, 0.29) is 0 Å². The van der Waals surface area contributed by atoms with Crippen molar-refractivity contribution in [3.05, 3.63) is 0 Å². The van der Waals surface area contributed by atoms with Gasteiger partial charge in [0, 0.05) is 11.9 Å². The van der Waals surface area contributed by atoms with E-state index in [4.69, 9.17) is 11.6 Å². The molecule has 0 unspecified atom stereocenters. The summed E-state index contributed by atoms with van der Waals surface area (Å²) < 4.78 is 0. The Morgan fingerprint density at radius 3 is 2.75 bits per heavy atom. The lowest BCUT2D eigenvalue weighted by Gasteiger charge is -1.96. The highest BCUT2D eigenvalue weighted by Crippen LogP contribution is 2.18. The lowest BCUT2D eigenvalue weighted by molar-refractivity contribution is 0.673. The third kappa shape index (κ3) is 2.53. The Hall–Kier alpha value is 0.250. The van der Waals surface area contributed by atoms with Gasteiger partial charge in [0.25, 0.3) is 0 Å². The van der Waals surface area contributed by atoms with Crippen LogP contribution in [0.5, 0.6) is 0 Å². The molecule has 1 nitrogen and oxygen atoms in total. The summed E-state index contributed by atoms with van der Waals surface area (Å²) in [5, 5.41) is 3.37. The summed E-state index contributed by atoms with van der Waals surface area (Å²) in [6.45, 7) is 1.11. The van der Waals surface area contributed by atoms with Crippen LogP contribution in [0.3, 0.4) is 0 Å². The maximum absolute atomic E-state index is 5.47. The molecule has 0 amide bonds. The normalized spacial score (nSPS) is 19.1. The Labute approximate surface area is 55.4 Å². The van der Waals surface area contributed by atoms with Gasteiger partial charge in [-0.25, -0.2) is 0 Å². The largest absolute Gasteiger partial charge is 0.314 e. The molecule has 0 aromatic carbocycles. The van der Waals surface area contributed by atoms with Crippen LogP contribution in [0.2, 0.25) is 0 Å². The smallest absolute Gasteiger partial charge is 0.0235 e. The van der Waals surface area contributed by atoms with Crippen molar-refractivity contribution in [2.45, 2.75) is 25.3 Å². The number of alkyl halides is 1. The Morgan fingerprint density at radius 2 is 2.25 bits per heavy atom. The monoisotopic (exact) mass is 133 g/mol. The van der Waals surface area contributed by atoms with E-state index < -0.39 is 0 Å². The number of rotatable bonds is 4. The molecule has 1 N–H and O–H groups in total. The molecule has 1 saturated carbocycles. The first-order valence-electron chi connectivity index (χ1n) is 3.23. The Kier molecular flexibility index (Phi) is 2.64. The van der Waals surface area contributed by atoms with Crippen LogP contribution in [0, 0.1) is 0 Å². The first-order chi connectivity index (χ1) is 3.93. The van der Waals surface area contributed by atoms with E-state index >= 15 is 0 Å². The summed E-state index contributed by atoms with van der Waals surface area (Å²) in [6.07, 6.45) is 3.86. The lowest BCUT2D eigenvalue weighted by Crippen LogP contribution is -2.17. The van der Waals surface area contributed by atoms with Crippen molar-refractivity contribution in [2.75, 3.05) is 12.4 Å². The van der Waals surface area contributed by atoms with Crippen molar-refractivity contribution in [3.63, 3.8) is 0 Å². The Bertz CT molecular complexity index is 61.5. The molecule has 1 rings (SSSR count). The van der Waals surface area contributed by atoms with Crippen molar-refractivity contribution in [1.29, 1.82) is 0 Å². The molecule has 2 heteroatoms. The first-order valence-corrected chi connectivity index (χ1v) is 3.76. The predicted molar refractivity (Wildman–Crippen MR) is 36.4 cm³/mol. The Balaban J connectivity index is 1.74. The predicted octanol–water partition coefficient (Wildman–Crippen LogP) is 1.37. The highest BCUT2D eigenvalue weighted by atomic mass is 35.5. The molecular weight excluding hydrogens is 122 g/mol. The van der Waals surface area contributed by atoms with Crippen LogP contribution in [0.15, 0.2) is 0 Å². The molecule has 0 heterocycles. The summed E-state index contributed by atoms with van der Waals surface area (Å²) in [7, 11) is 0. The van der Waals surface area contributed by atoms with Gasteiger partial charge in [0.15, 0.2) is 0 Å². The Morgan fingerprint density at radius 1 is 1.50 bits per heavy atom. The molecule has 8 heavy (non-hydrogen) atoms. The summed E-state index contributed by atoms with van der Waals surface area (Å²) >= 11 is 5.47. The van der Waals surface area contributed by atoms with Gasteiger partial charge in [-0.3, -0.25) is 0 Å². The molecule has 0 spiro atoms. The average Bonchev–Trinajstić information content (AvgIpc) is 2.51. The minimum atomic E-state index is 0.791. The summed E-state index contributed by atoms with van der Waals surface area (Å²) in [5.41, 5.74) is 0. The van der Waals surface area contributed by atoms with Crippen LogP contribution in [-0.4, -0.2) is 18.5 Å². The molecule has 1 fully saturated rings. The van der Waals surface area contributed by atoms with Gasteiger partial charge in [-0.05, 0) is 25.8 Å². The minimum Gasteiger partial charge on any atom is -0.314 e. The fourth-order valence-electron chi connectivity index (χ4n) is 0.660. The van der Waals surface area contributed by atoms with Gasteiger partial charge in [-0.2, -0.15) is 0 Å². The van der Waals surface area contributed by atoms with Crippen molar-refractivity contribution >= 4 is 11.6 Å². The number of hydrogen-bond acceptors (Lipinski definition) is 1. The second-order valence-corrected chi connectivity index (χ2v) is 2.65. The molecule has 0 aromatic rings. The van der Waals surface area contributed by atoms with E-state index in [1.165, 1.54) is 12.8 Å². The highest BCUT2D eigenvalue weighted by Gasteiger charge is 2.19. The zero-order valence-electron chi connectivity index (χ0n) is 4.99. The van der Waals surface area contributed by atoms with Crippen LogP contribution in [0.1, 0.15) is 19.3 Å². The van der Waals surface area contributed by atoms with Crippen molar-refractivity contribution in [1.82, 2.24) is 5.32 Å². The zero-order chi connectivity index (χ0) is 5.82. The standard InChI is InChI=1S/C6H12ClN/c7-4-1-5-8-6-2-3-6/h6,8H,1-5H2. The molecule has 0 radical (unpaired) electrons. The first kappa shape index (κ1) is 6.37. The van der Waals surface area contributed by atoms with Gasteiger partial charge in [0.2, 0.25) is 0 Å². The zero-order valence-corrected chi connectivity index (χ0v) is 5.75. The molecule has 0 aliphatic heterocycles. The lowest BCUT2D eigenvalue weighted by atomic mass is 10.5. The number of nitrogens with one attached hydrogen (secondary N) is 1. The summed E-state index contributed by atoms with van der Waals surface area (Å²) in [5.74, 6) is 0.791. The topological polar surface area (TPSA) is 12.0 Å².